The average molecular weight is 454 g/mol. The summed E-state index contributed by atoms with van der Waals surface area (Å²) in [5.74, 6) is 0.360. The van der Waals surface area contributed by atoms with Gasteiger partial charge in [-0.15, -0.1) is 16.8 Å². The van der Waals surface area contributed by atoms with Crippen molar-refractivity contribution in [2.75, 3.05) is 12.3 Å². The molecule has 4 rings (SSSR count). The van der Waals surface area contributed by atoms with Crippen LogP contribution in [-0.4, -0.2) is 28.3 Å². The molecule has 0 aliphatic carbocycles. The van der Waals surface area contributed by atoms with E-state index in [1.807, 2.05) is 54.6 Å². The zero-order chi connectivity index (χ0) is 19.5. The summed E-state index contributed by atoms with van der Waals surface area (Å²) in [7, 11) is 0. The van der Waals surface area contributed by atoms with E-state index in [4.69, 9.17) is 4.42 Å². The van der Waals surface area contributed by atoms with Gasteiger partial charge < -0.3 is 4.42 Å². The smallest absolute Gasteiger partial charge is 0.246 e. The molecule has 1 aliphatic heterocycles. The molecule has 0 spiro atoms. The van der Waals surface area contributed by atoms with Gasteiger partial charge in [0.1, 0.15) is 5.58 Å². The first-order chi connectivity index (χ1) is 13.7. The zero-order valence-corrected chi connectivity index (χ0v) is 17.2. The van der Waals surface area contributed by atoms with Crippen molar-refractivity contribution in [2.24, 2.45) is 10.2 Å². The fourth-order valence-electron chi connectivity index (χ4n) is 2.85. The minimum Gasteiger partial charge on any atom is -0.436 e. The third-order valence-electron chi connectivity index (χ3n) is 4.21. The molecule has 1 fully saturated rings. The molecular weight excluding hydrogens is 438 g/mol. The van der Waals surface area contributed by atoms with Crippen LogP contribution in [0.3, 0.4) is 0 Å². The van der Waals surface area contributed by atoms with Gasteiger partial charge in [0, 0.05) is 22.0 Å². The van der Waals surface area contributed by atoms with Crippen molar-refractivity contribution in [2.45, 2.75) is 0 Å². The number of para-hydroxylation sites is 1. The Hall–Kier alpha value is -2.64. The van der Waals surface area contributed by atoms with E-state index in [2.05, 4.69) is 32.7 Å². The Morgan fingerprint density at radius 2 is 1.96 bits per heavy atom. The van der Waals surface area contributed by atoms with E-state index in [1.165, 1.54) is 11.8 Å². The lowest BCUT2D eigenvalue weighted by Crippen LogP contribution is -2.29. The molecule has 0 radical (unpaired) electrons. The summed E-state index contributed by atoms with van der Waals surface area (Å²) in [6.07, 6.45) is 1.67. The van der Waals surface area contributed by atoms with Gasteiger partial charge in [-0.3, -0.25) is 9.69 Å². The standard InChI is InChI=1S/C21H16BrN3O2S/c1-2-11-25-19(26)13-28-21(25)24-23-20-17(14-7-9-16(22)10-8-14)12-15-5-3-4-6-18(15)27-20/h2-10,12H,1,11,13H2/b23-20+,24-21+. The van der Waals surface area contributed by atoms with Gasteiger partial charge in [0.25, 0.3) is 0 Å². The predicted octanol–water partition coefficient (Wildman–Crippen LogP) is 4.80. The molecule has 7 heteroatoms. The molecule has 1 saturated heterocycles. The molecule has 0 atom stereocenters. The molecule has 0 saturated carbocycles. The van der Waals surface area contributed by atoms with Crippen LogP contribution >= 0.6 is 27.7 Å². The van der Waals surface area contributed by atoms with Crippen molar-refractivity contribution in [3.8, 4) is 11.1 Å². The van der Waals surface area contributed by atoms with Crippen LogP contribution in [0, 0.1) is 0 Å². The van der Waals surface area contributed by atoms with E-state index in [0.717, 1.165) is 26.6 Å². The van der Waals surface area contributed by atoms with Crippen LogP contribution in [0.2, 0.25) is 0 Å². The molecule has 0 N–H and O–H groups in total. The molecule has 1 aliphatic rings. The topological polar surface area (TPSA) is 58.2 Å². The minimum atomic E-state index is 0.00225. The van der Waals surface area contributed by atoms with Gasteiger partial charge in [-0.1, -0.05) is 64.1 Å². The van der Waals surface area contributed by atoms with Crippen molar-refractivity contribution >= 4 is 49.7 Å². The molecule has 2 aromatic carbocycles. The number of carbonyl (C=O) groups is 1. The highest BCUT2D eigenvalue weighted by molar-refractivity contribution is 9.10. The first-order valence-electron chi connectivity index (χ1n) is 8.60. The number of nitrogens with zero attached hydrogens (tertiary/aromatic N) is 3. The van der Waals surface area contributed by atoms with E-state index in [-0.39, 0.29) is 5.91 Å². The quantitative estimate of drug-likeness (QED) is 0.421. The van der Waals surface area contributed by atoms with Gasteiger partial charge in [-0.05, 0) is 29.8 Å². The molecule has 1 amide bonds. The van der Waals surface area contributed by atoms with Gasteiger partial charge in [-0.25, -0.2) is 0 Å². The number of amides is 1. The average Bonchev–Trinajstić information content (AvgIpc) is 3.06. The van der Waals surface area contributed by atoms with Gasteiger partial charge in [-0.2, -0.15) is 0 Å². The number of hydrogen-bond acceptors (Lipinski definition) is 5. The van der Waals surface area contributed by atoms with E-state index in [0.29, 0.717) is 23.0 Å². The predicted molar refractivity (Wildman–Crippen MR) is 117 cm³/mol. The summed E-state index contributed by atoms with van der Waals surface area (Å²) in [6.45, 7) is 4.11. The van der Waals surface area contributed by atoms with Crippen LogP contribution in [0.25, 0.3) is 22.1 Å². The van der Waals surface area contributed by atoms with Crippen LogP contribution in [0.15, 0.2) is 86.3 Å². The summed E-state index contributed by atoms with van der Waals surface area (Å²) >= 11 is 4.82. The number of carbonyl (C=O) groups excluding carboxylic acids is 1. The molecule has 5 nitrogen and oxygen atoms in total. The molecule has 140 valence electrons. The number of hydrogen-bond donors (Lipinski definition) is 0. The van der Waals surface area contributed by atoms with E-state index < -0.39 is 0 Å². The van der Waals surface area contributed by atoms with E-state index in [9.17, 15) is 4.79 Å². The lowest BCUT2D eigenvalue weighted by atomic mass is 10.1. The minimum absolute atomic E-state index is 0.00225. The fourth-order valence-corrected chi connectivity index (χ4v) is 3.95. The van der Waals surface area contributed by atoms with Crippen LogP contribution in [0.5, 0.6) is 0 Å². The highest BCUT2D eigenvalue weighted by Gasteiger charge is 2.27. The van der Waals surface area contributed by atoms with E-state index >= 15 is 0 Å². The fraction of sp³-hybridized carbons (Fsp3) is 0.0952. The molecule has 28 heavy (non-hydrogen) atoms. The number of benzene rings is 2. The van der Waals surface area contributed by atoms with Crippen molar-refractivity contribution in [3.05, 3.63) is 77.3 Å². The van der Waals surface area contributed by atoms with E-state index in [1.54, 1.807) is 11.0 Å². The Balaban J connectivity index is 1.87. The monoisotopic (exact) mass is 453 g/mol. The number of amidine groups is 1. The van der Waals surface area contributed by atoms with Gasteiger partial charge in [0.05, 0.1) is 5.75 Å². The normalized spacial score (nSPS) is 16.3. The summed E-state index contributed by atoms with van der Waals surface area (Å²) in [6, 6.07) is 17.7. The molecule has 2 heterocycles. The lowest BCUT2D eigenvalue weighted by molar-refractivity contribution is -0.123. The number of halogens is 1. The maximum atomic E-state index is 12.0. The van der Waals surface area contributed by atoms with Gasteiger partial charge in [0.15, 0.2) is 5.17 Å². The van der Waals surface area contributed by atoms with Crippen LogP contribution < -0.4 is 5.55 Å². The Morgan fingerprint density at radius 3 is 2.75 bits per heavy atom. The van der Waals surface area contributed by atoms with Gasteiger partial charge in [0.2, 0.25) is 11.5 Å². The highest BCUT2D eigenvalue weighted by Crippen LogP contribution is 2.23. The second-order valence-corrected chi connectivity index (χ2v) is 7.93. The number of rotatable bonds is 4. The Bertz CT molecular complexity index is 1150. The first-order valence-corrected chi connectivity index (χ1v) is 10.4. The zero-order valence-electron chi connectivity index (χ0n) is 14.8. The Kier molecular flexibility index (Phi) is 5.45. The third kappa shape index (κ3) is 3.81. The Morgan fingerprint density at radius 1 is 1.18 bits per heavy atom. The molecule has 0 unspecified atom stereocenters. The van der Waals surface area contributed by atoms with Crippen LogP contribution in [0.1, 0.15) is 0 Å². The molecule has 1 aromatic heterocycles. The Labute approximate surface area is 174 Å². The summed E-state index contributed by atoms with van der Waals surface area (Å²) in [5, 5.41) is 10.2. The number of thioether (sulfide) groups is 1. The van der Waals surface area contributed by atoms with Gasteiger partial charge >= 0.3 is 0 Å². The first kappa shape index (κ1) is 18.7. The van der Waals surface area contributed by atoms with Crippen molar-refractivity contribution in [1.82, 2.24) is 4.90 Å². The molecular formula is C21H16BrN3O2S. The largest absolute Gasteiger partial charge is 0.436 e. The molecule has 3 aromatic rings. The second kappa shape index (κ2) is 8.16. The van der Waals surface area contributed by atoms with Crippen LogP contribution in [-0.2, 0) is 4.79 Å². The molecule has 0 bridgehead atoms. The second-order valence-electron chi connectivity index (χ2n) is 6.07. The lowest BCUT2D eigenvalue weighted by Gasteiger charge is -2.11. The highest BCUT2D eigenvalue weighted by atomic mass is 79.9. The summed E-state index contributed by atoms with van der Waals surface area (Å²) < 4.78 is 7.04. The van der Waals surface area contributed by atoms with Crippen molar-refractivity contribution in [1.29, 1.82) is 0 Å². The summed E-state index contributed by atoms with van der Waals surface area (Å²) in [5.41, 5.74) is 2.92. The third-order valence-corrected chi connectivity index (χ3v) is 5.69. The van der Waals surface area contributed by atoms with Crippen LogP contribution in [0.4, 0.5) is 0 Å². The number of fused-ring (bicyclic) bond motifs is 1. The maximum absolute atomic E-state index is 12.0. The maximum Gasteiger partial charge on any atom is 0.246 e. The van der Waals surface area contributed by atoms with Crippen molar-refractivity contribution < 1.29 is 9.21 Å². The summed E-state index contributed by atoms with van der Waals surface area (Å²) in [4.78, 5) is 13.6. The van der Waals surface area contributed by atoms with Crippen molar-refractivity contribution in [3.63, 3.8) is 0 Å². The SMILES string of the molecule is C=CCN1C(=O)CS/C1=N/N=c1/oc2ccccc2cc1-c1ccc(Br)cc1.